The standard InChI is InChI=1S/C16H13Br2NO4/c17-11-3-1-5-13(7-11)19-15(20)9-23-16(21)10-22-14-6-2-4-12(18)8-14/h1-8H,9-10H2,(H,19,20). The number of rotatable bonds is 6. The van der Waals surface area contributed by atoms with Gasteiger partial charge in [-0.3, -0.25) is 4.79 Å². The molecular weight excluding hydrogens is 430 g/mol. The number of ether oxygens (including phenoxy) is 2. The van der Waals surface area contributed by atoms with E-state index in [2.05, 4.69) is 37.2 Å². The Morgan fingerprint density at radius 3 is 2.35 bits per heavy atom. The lowest BCUT2D eigenvalue weighted by Gasteiger charge is -2.08. The first kappa shape index (κ1) is 17.5. The van der Waals surface area contributed by atoms with Crippen molar-refractivity contribution in [3.8, 4) is 5.75 Å². The van der Waals surface area contributed by atoms with E-state index in [0.717, 1.165) is 8.95 Å². The van der Waals surface area contributed by atoms with Crippen LogP contribution in [0.4, 0.5) is 5.69 Å². The van der Waals surface area contributed by atoms with E-state index in [9.17, 15) is 9.59 Å². The summed E-state index contributed by atoms with van der Waals surface area (Å²) in [4.78, 5) is 23.3. The minimum Gasteiger partial charge on any atom is -0.482 e. The first-order valence-electron chi connectivity index (χ1n) is 6.62. The Morgan fingerprint density at radius 1 is 0.957 bits per heavy atom. The van der Waals surface area contributed by atoms with E-state index >= 15 is 0 Å². The van der Waals surface area contributed by atoms with Crippen LogP contribution in [-0.2, 0) is 14.3 Å². The smallest absolute Gasteiger partial charge is 0.344 e. The molecule has 0 aliphatic carbocycles. The Kier molecular flexibility index (Phi) is 6.61. The maximum atomic E-state index is 11.7. The third kappa shape index (κ3) is 6.42. The minimum atomic E-state index is -0.616. The van der Waals surface area contributed by atoms with Gasteiger partial charge < -0.3 is 14.8 Å². The van der Waals surface area contributed by atoms with Gasteiger partial charge in [-0.05, 0) is 36.4 Å². The number of carbonyl (C=O) groups excluding carboxylic acids is 2. The zero-order valence-electron chi connectivity index (χ0n) is 11.9. The molecule has 2 aromatic rings. The molecule has 0 heterocycles. The fourth-order valence-electron chi connectivity index (χ4n) is 1.65. The van der Waals surface area contributed by atoms with Crippen LogP contribution in [0.15, 0.2) is 57.5 Å². The van der Waals surface area contributed by atoms with Gasteiger partial charge in [0, 0.05) is 14.6 Å². The molecule has 0 aliphatic heterocycles. The Hall–Kier alpha value is -1.86. The molecule has 0 unspecified atom stereocenters. The Labute approximate surface area is 150 Å². The molecule has 0 bridgehead atoms. The Bertz CT molecular complexity index is 706. The van der Waals surface area contributed by atoms with Crippen molar-refractivity contribution in [2.75, 3.05) is 18.5 Å². The molecular formula is C16H13Br2NO4. The van der Waals surface area contributed by atoms with Crippen molar-refractivity contribution in [2.45, 2.75) is 0 Å². The molecule has 0 atom stereocenters. The molecule has 1 N–H and O–H groups in total. The molecule has 0 radical (unpaired) electrons. The highest BCUT2D eigenvalue weighted by Gasteiger charge is 2.09. The quantitative estimate of drug-likeness (QED) is 0.691. The van der Waals surface area contributed by atoms with E-state index in [0.29, 0.717) is 11.4 Å². The average Bonchev–Trinajstić information content (AvgIpc) is 2.51. The van der Waals surface area contributed by atoms with Crippen LogP contribution in [0.2, 0.25) is 0 Å². The van der Waals surface area contributed by atoms with Crippen LogP contribution in [0.5, 0.6) is 5.75 Å². The van der Waals surface area contributed by atoms with E-state index in [1.165, 1.54) is 0 Å². The zero-order chi connectivity index (χ0) is 16.7. The van der Waals surface area contributed by atoms with Crippen molar-refractivity contribution >= 4 is 49.4 Å². The molecule has 23 heavy (non-hydrogen) atoms. The van der Waals surface area contributed by atoms with Crippen LogP contribution in [-0.4, -0.2) is 25.1 Å². The fraction of sp³-hybridized carbons (Fsp3) is 0.125. The predicted molar refractivity (Wildman–Crippen MR) is 93.4 cm³/mol. The summed E-state index contributed by atoms with van der Waals surface area (Å²) in [5, 5.41) is 2.63. The molecule has 0 spiro atoms. The Balaban J connectivity index is 1.72. The van der Waals surface area contributed by atoms with E-state index < -0.39 is 11.9 Å². The van der Waals surface area contributed by atoms with Gasteiger partial charge in [0.05, 0.1) is 0 Å². The third-order valence-electron chi connectivity index (χ3n) is 2.63. The van der Waals surface area contributed by atoms with Crippen molar-refractivity contribution in [1.82, 2.24) is 0 Å². The van der Waals surface area contributed by atoms with Gasteiger partial charge in [0.2, 0.25) is 0 Å². The van der Waals surface area contributed by atoms with Crippen molar-refractivity contribution in [1.29, 1.82) is 0 Å². The number of carbonyl (C=O) groups is 2. The van der Waals surface area contributed by atoms with Crippen molar-refractivity contribution in [3.05, 3.63) is 57.5 Å². The zero-order valence-corrected chi connectivity index (χ0v) is 15.1. The predicted octanol–water partition coefficient (Wildman–Crippen LogP) is 3.77. The van der Waals surface area contributed by atoms with E-state index in [1.54, 1.807) is 36.4 Å². The van der Waals surface area contributed by atoms with Crippen LogP contribution in [0.3, 0.4) is 0 Å². The number of hydrogen-bond acceptors (Lipinski definition) is 4. The van der Waals surface area contributed by atoms with Gasteiger partial charge in [0.25, 0.3) is 5.91 Å². The minimum absolute atomic E-state index is 0.263. The molecule has 2 rings (SSSR count). The van der Waals surface area contributed by atoms with Gasteiger partial charge >= 0.3 is 5.97 Å². The van der Waals surface area contributed by atoms with Crippen molar-refractivity contribution in [2.24, 2.45) is 0 Å². The maximum absolute atomic E-state index is 11.7. The van der Waals surface area contributed by atoms with Gasteiger partial charge in [0.1, 0.15) is 5.75 Å². The number of nitrogens with one attached hydrogen (secondary N) is 1. The summed E-state index contributed by atoms with van der Waals surface area (Å²) in [5.41, 5.74) is 0.616. The summed E-state index contributed by atoms with van der Waals surface area (Å²) < 4.78 is 11.8. The second kappa shape index (κ2) is 8.69. The summed E-state index contributed by atoms with van der Waals surface area (Å²) in [7, 11) is 0. The van der Waals surface area contributed by atoms with Crippen molar-refractivity contribution in [3.63, 3.8) is 0 Å². The van der Waals surface area contributed by atoms with Gasteiger partial charge in [-0.2, -0.15) is 0 Å². The maximum Gasteiger partial charge on any atom is 0.344 e. The monoisotopic (exact) mass is 441 g/mol. The molecule has 2 aromatic carbocycles. The second-order valence-electron chi connectivity index (χ2n) is 4.47. The highest BCUT2D eigenvalue weighted by molar-refractivity contribution is 9.10. The molecule has 1 amide bonds. The molecule has 0 saturated carbocycles. The second-order valence-corrected chi connectivity index (χ2v) is 6.30. The highest BCUT2D eigenvalue weighted by Crippen LogP contribution is 2.17. The lowest BCUT2D eigenvalue weighted by molar-refractivity contribution is -0.149. The molecule has 0 aliphatic rings. The van der Waals surface area contributed by atoms with Crippen LogP contribution in [0.1, 0.15) is 0 Å². The average molecular weight is 443 g/mol. The normalized spacial score (nSPS) is 10.0. The van der Waals surface area contributed by atoms with Gasteiger partial charge in [-0.1, -0.05) is 44.0 Å². The van der Waals surface area contributed by atoms with Crippen LogP contribution in [0.25, 0.3) is 0 Å². The largest absolute Gasteiger partial charge is 0.482 e. The summed E-state index contributed by atoms with van der Waals surface area (Å²) >= 11 is 6.61. The summed E-state index contributed by atoms with van der Waals surface area (Å²) in [6, 6.07) is 14.2. The van der Waals surface area contributed by atoms with Crippen LogP contribution < -0.4 is 10.1 Å². The first-order valence-corrected chi connectivity index (χ1v) is 8.21. The van der Waals surface area contributed by atoms with E-state index in [1.807, 2.05) is 12.1 Å². The van der Waals surface area contributed by atoms with Gasteiger partial charge in [-0.15, -0.1) is 0 Å². The highest BCUT2D eigenvalue weighted by atomic mass is 79.9. The Morgan fingerprint density at radius 2 is 1.65 bits per heavy atom. The number of halogens is 2. The summed E-state index contributed by atoms with van der Waals surface area (Å²) in [6.07, 6.45) is 0. The number of anilines is 1. The molecule has 5 nitrogen and oxygen atoms in total. The number of esters is 1. The van der Waals surface area contributed by atoms with Crippen LogP contribution >= 0.6 is 31.9 Å². The number of benzene rings is 2. The number of amides is 1. The molecule has 7 heteroatoms. The molecule has 120 valence electrons. The first-order chi connectivity index (χ1) is 11.0. The fourth-order valence-corrected chi connectivity index (χ4v) is 2.43. The van der Waals surface area contributed by atoms with E-state index in [-0.39, 0.29) is 13.2 Å². The SMILES string of the molecule is O=C(COC(=O)COc1cccc(Br)c1)Nc1cccc(Br)c1. The molecule has 0 aromatic heterocycles. The van der Waals surface area contributed by atoms with E-state index in [4.69, 9.17) is 9.47 Å². The lowest BCUT2D eigenvalue weighted by Crippen LogP contribution is -2.23. The third-order valence-corrected chi connectivity index (χ3v) is 3.61. The molecule has 0 saturated heterocycles. The summed E-state index contributed by atoms with van der Waals surface area (Å²) in [5.74, 6) is -0.497. The lowest BCUT2D eigenvalue weighted by atomic mass is 10.3. The topological polar surface area (TPSA) is 64.6 Å². The van der Waals surface area contributed by atoms with Crippen LogP contribution in [0, 0.1) is 0 Å². The summed E-state index contributed by atoms with van der Waals surface area (Å²) in [6.45, 7) is -0.631. The van der Waals surface area contributed by atoms with Gasteiger partial charge in [-0.25, -0.2) is 4.79 Å². The molecule has 0 fully saturated rings. The van der Waals surface area contributed by atoms with Crippen molar-refractivity contribution < 1.29 is 19.1 Å². The van der Waals surface area contributed by atoms with Gasteiger partial charge in [0.15, 0.2) is 13.2 Å². The number of hydrogen-bond donors (Lipinski definition) is 1.